The Balaban J connectivity index is 2.54. The van der Waals surface area contributed by atoms with Gasteiger partial charge in [-0.15, -0.1) is 0 Å². The Morgan fingerprint density at radius 2 is 2.04 bits per heavy atom. The maximum Gasteiger partial charge on any atom is 0.237 e. The summed E-state index contributed by atoms with van der Waals surface area (Å²) in [6.45, 7) is 4.28. The van der Waals surface area contributed by atoms with Crippen LogP contribution < -0.4 is 16.4 Å². The van der Waals surface area contributed by atoms with Gasteiger partial charge in [0.05, 0.1) is 6.04 Å². The second-order valence-electron chi connectivity index (χ2n) is 5.60. The lowest BCUT2D eigenvalue weighted by Gasteiger charge is -2.13. The van der Waals surface area contributed by atoms with Crippen LogP contribution in [0.2, 0.25) is 0 Å². The average molecular weight is 337 g/mol. The van der Waals surface area contributed by atoms with Gasteiger partial charge in [0.15, 0.2) is 0 Å². The van der Waals surface area contributed by atoms with Crippen LogP contribution in [0.25, 0.3) is 0 Å². The van der Waals surface area contributed by atoms with E-state index in [0.29, 0.717) is 13.0 Å². The van der Waals surface area contributed by atoms with Crippen molar-refractivity contribution in [2.24, 2.45) is 11.7 Å². The second-order valence-corrected chi connectivity index (χ2v) is 6.59. The summed E-state index contributed by atoms with van der Waals surface area (Å²) >= 11 is 1.67. The minimum Gasteiger partial charge on any atom is -0.351 e. The van der Waals surface area contributed by atoms with Crippen molar-refractivity contribution in [3.63, 3.8) is 0 Å². The molecule has 1 aromatic rings. The summed E-state index contributed by atoms with van der Waals surface area (Å²) in [6.07, 6.45) is 3.46. The largest absolute Gasteiger partial charge is 0.351 e. The number of thioether (sulfide) groups is 1. The van der Waals surface area contributed by atoms with Gasteiger partial charge in [0.2, 0.25) is 11.8 Å². The summed E-state index contributed by atoms with van der Waals surface area (Å²) in [6, 6.07) is 7.01. The van der Waals surface area contributed by atoms with Crippen molar-refractivity contribution in [2.45, 2.75) is 39.3 Å². The van der Waals surface area contributed by atoms with Crippen LogP contribution in [-0.2, 0) is 16.1 Å². The topological polar surface area (TPSA) is 84.2 Å². The number of nitrogens with one attached hydrogen (secondary N) is 2. The third-order valence-corrected chi connectivity index (χ3v) is 4.33. The molecule has 2 amide bonds. The third-order valence-electron chi connectivity index (χ3n) is 3.69. The molecule has 0 radical (unpaired) electrons. The van der Waals surface area contributed by atoms with E-state index in [1.54, 1.807) is 11.8 Å². The van der Waals surface area contributed by atoms with E-state index in [1.807, 2.05) is 44.4 Å². The molecule has 0 saturated carbocycles. The van der Waals surface area contributed by atoms with Crippen LogP contribution in [0, 0.1) is 5.92 Å². The van der Waals surface area contributed by atoms with E-state index in [2.05, 4.69) is 10.6 Å². The molecule has 0 heterocycles. The van der Waals surface area contributed by atoms with Crippen LogP contribution in [0.3, 0.4) is 0 Å². The van der Waals surface area contributed by atoms with Gasteiger partial charge in [-0.1, -0.05) is 26.0 Å². The molecular formula is C17H27N3O2S. The van der Waals surface area contributed by atoms with Gasteiger partial charge in [0.1, 0.15) is 0 Å². The van der Waals surface area contributed by atoms with E-state index in [4.69, 9.17) is 5.73 Å². The second kappa shape index (κ2) is 10.3. The van der Waals surface area contributed by atoms with Gasteiger partial charge in [0, 0.05) is 18.2 Å². The molecule has 0 spiro atoms. The Kier molecular flexibility index (Phi) is 8.73. The van der Waals surface area contributed by atoms with Crippen LogP contribution in [0.4, 0.5) is 5.69 Å². The van der Waals surface area contributed by atoms with Crippen LogP contribution in [-0.4, -0.2) is 29.9 Å². The quantitative estimate of drug-likeness (QED) is 0.646. The predicted molar refractivity (Wildman–Crippen MR) is 97.3 cm³/mol. The molecule has 23 heavy (non-hydrogen) atoms. The first kappa shape index (κ1) is 19.5. The Labute approximate surface area is 142 Å². The molecule has 1 rings (SSSR count). The van der Waals surface area contributed by atoms with Crippen molar-refractivity contribution in [3.05, 3.63) is 29.8 Å². The third kappa shape index (κ3) is 7.05. The molecule has 1 aromatic carbocycles. The first-order valence-corrected chi connectivity index (χ1v) is 9.29. The zero-order valence-corrected chi connectivity index (χ0v) is 14.9. The fraction of sp³-hybridized carbons (Fsp3) is 0.529. The van der Waals surface area contributed by atoms with E-state index in [0.717, 1.165) is 23.4 Å². The summed E-state index contributed by atoms with van der Waals surface area (Å²) in [7, 11) is 0. The van der Waals surface area contributed by atoms with Crippen LogP contribution >= 0.6 is 11.8 Å². The van der Waals surface area contributed by atoms with E-state index in [1.165, 1.54) is 0 Å². The fourth-order valence-electron chi connectivity index (χ4n) is 1.91. The summed E-state index contributed by atoms with van der Waals surface area (Å²) in [5, 5.41) is 5.73. The number of hydrogen-bond donors (Lipinski definition) is 3. The number of anilines is 1. The highest BCUT2D eigenvalue weighted by Crippen LogP contribution is 2.13. The first-order chi connectivity index (χ1) is 11.0. The fourth-order valence-corrected chi connectivity index (χ4v) is 2.40. The van der Waals surface area contributed by atoms with Gasteiger partial charge >= 0.3 is 0 Å². The molecule has 0 aliphatic heterocycles. The molecule has 128 valence electrons. The van der Waals surface area contributed by atoms with Crippen LogP contribution in [0.15, 0.2) is 24.3 Å². The number of benzene rings is 1. The monoisotopic (exact) mass is 337 g/mol. The molecule has 5 nitrogen and oxygen atoms in total. The van der Waals surface area contributed by atoms with Crippen LogP contribution in [0.5, 0.6) is 0 Å². The molecule has 0 saturated heterocycles. The van der Waals surface area contributed by atoms with E-state index < -0.39 is 6.04 Å². The Hall–Kier alpha value is -1.53. The number of amides is 2. The molecule has 0 aliphatic carbocycles. The van der Waals surface area contributed by atoms with Crippen LogP contribution in [0.1, 0.15) is 32.3 Å². The Morgan fingerprint density at radius 3 is 2.70 bits per heavy atom. The molecule has 0 aliphatic rings. The minimum atomic E-state index is -0.476. The predicted octanol–water partition coefficient (Wildman–Crippen LogP) is 2.37. The normalized spacial score (nSPS) is 13.2. The van der Waals surface area contributed by atoms with Gasteiger partial charge in [-0.25, -0.2) is 0 Å². The summed E-state index contributed by atoms with van der Waals surface area (Å²) < 4.78 is 0. The molecule has 2 atom stereocenters. The lowest BCUT2D eigenvalue weighted by molar-refractivity contribution is -0.122. The number of carbonyl (C=O) groups excluding carboxylic acids is 2. The molecule has 1 unspecified atom stereocenters. The highest BCUT2D eigenvalue weighted by atomic mass is 32.2. The molecule has 4 N–H and O–H groups in total. The number of carbonyl (C=O) groups is 2. The van der Waals surface area contributed by atoms with Crippen molar-refractivity contribution >= 4 is 29.3 Å². The summed E-state index contributed by atoms with van der Waals surface area (Å²) in [5.41, 5.74) is 7.50. The zero-order chi connectivity index (χ0) is 17.2. The maximum absolute atomic E-state index is 11.9. The molecule has 0 bridgehead atoms. The van der Waals surface area contributed by atoms with Gasteiger partial charge in [-0.3, -0.25) is 9.59 Å². The van der Waals surface area contributed by atoms with Gasteiger partial charge < -0.3 is 16.4 Å². The Bertz CT molecular complexity index is 522. The molecular weight excluding hydrogens is 310 g/mol. The van der Waals surface area contributed by atoms with Crippen molar-refractivity contribution in [1.82, 2.24) is 5.32 Å². The molecule has 6 heteroatoms. The smallest absolute Gasteiger partial charge is 0.237 e. The summed E-state index contributed by atoms with van der Waals surface area (Å²) in [5.74, 6) is 0.708. The average Bonchev–Trinajstić information content (AvgIpc) is 2.56. The van der Waals surface area contributed by atoms with E-state index >= 15 is 0 Å². The number of nitrogens with two attached hydrogens (primary N) is 1. The zero-order valence-electron chi connectivity index (χ0n) is 14.1. The van der Waals surface area contributed by atoms with E-state index in [9.17, 15) is 9.59 Å². The standard InChI is InChI=1S/C17H27N3O2S/c1-4-12(2)16(21)20-14-7-5-6-13(10-14)11-19-17(22)15(18)8-9-23-3/h5-7,10,12,15H,4,8-9,11,18H2,1-3H3,(H,19,22)(H,20,21)/t12?,15-/m0/s1. The summed E-state index contributed by atoms with van der Waals surface area (Å²) in [4.78, 5) is 23.8. The van der Waals surface area contributed by atoms with Crippen molar-refractivity contribution in [2.75, 3.05) is 17.3 Å². The van der Waals surface area contributed by atoms with Gasteiger partial charge in [0.25, 0.3) is 0 Å². The highest BCUT2D eigenvalue weighted by Gasteiger charge is 2.13. The molecule has 0 fully saturated rings. The van der Waals surface area contributed by atoms with Crippen molar-refractivity contribution in [1.29, 1.82) is 0 Å². The van der Waals surface area contributed by atoms with Gasteiger partial charge in [-0.2, -0.15) is 11.8 Å². The lowest BCUT2D eigenvalue weighted by Crippen LogP contribution is -2.40. The number of rotatable bonds is 9. The number of hydrogen-bond acceptors (Lipinski definition) is 4. The minimum absolute atomic E-state index is 0.00720. The van der Waals surface area contributed by atoms with Crippen molar-refractivity contribution in [3.8, 4) is 0 Å². The Morgan fingerprint density at radius 1 is 1.30 bits per heavy atom. The highest BCUT2D eigenvalue weighted by molar-refractivity contribution is 7.98. The maximum atomic E-state index is 11.9. The SMILES string of the molecule is CCC(C)C(=O)Nc1cccc(CNC(=O)[C@@H](N)CCSC)c1. The van der Waals surface area contributed by atoms with E-state index in [-0.39, 0.29) is 17.7 Å². The molecule has 0 aromatic heterocycles. The van der Waals surface area contributed by atoms with Crippen molar-refractivity contribution < 1.29 is 9.59 Å². The van der Waals surface area contributed by atoms with Gasteiger partial charge in [-0.05, 0) is 42.5 Å². The lowest BCUT2D eigenvalue weighted by atomic mass is 10.1. The first-order valence-electron chi connectivity index (χ1n) is 7.90.